The molecule has 0 spiro atoms. The number of rotatable bonds is 8. The number of fused-ring (bicyclic) bond motifs is 3. The van der Waals surface area contributed by atoms with Gasteiger partial charge in [-0.2, -0.15) is 0 Å². The number of hydrogen-bond donors (Lipinski definition) is 1. The summed E-state index contributed by atoms with van der Waals surface area (Å²) in [5.74, 6) is 0.797. The Bertz CT molecular complexity index is 1550. The fraction of sp³-hybridized carbons (Fsp3) is 0.432. The molecule has 0 bridgehead atoms. The minimum Gasteiger partial charge on any atom is -0.512 e. The number of benzene rings is 3. The zero-order valence-electron chi connectivity index (χ0n) is 27.0. The van der Waals surface area contributed by atoms with Crippen molar-refractivity contribution in [3.8, 4) is 11.3 Å². The van der Waals surface area contributed by atoms with Crippen molar-refractivity contribution in [1.82, 2.24) is 9.97 Å². The Labute approximate surface area is 266 Å². The normalized spacial score (nSPS) is 12.2. The molecule has 0 saturated heterocycles. The predicted molar refractivity (Wildman–Crippen MR) is 173 cm³/mol. The van der Waals surface area contributed by atoms with Crippen LogP contribution in [0.3, 0.4) is 0 Å². The molecule has 5 heteroatoms. The van der Waals surface area contributed by atoms with Gasteiger partial charge in [-0.15, -0.1) is 34.9 Å². The molecule has 0 fully saturated rings. The Hall–Kier alpha value is -2.88. The molecule has 1 N–H and O–H groups in total. The Morgan fingerprint density at radius 3 is 2.24 bits per heavy atom. The van der Waals surface area contributed by atoms with Crippen LogP contribution in [0.4, 0.5) is 0 Å². The minimum atomic E-state index is -0.377. The molecule has 0 saturated carbocycles. The number of aliphatic hydroxyl groups is 1. The summed E-state index contributed by atoms with van der Waals surface area (Å²) >= 11 is 0. The van der Waals surface area contributed by atoms with Crippen molar-refractivity contribution >= 4 is 27.5 Å². The van der Waals surface area contributed by atoms with E-state index in [4.69, 9.17) is 0 Å². The van der Waals surface area contributed by atoms with Crippen LogP contribution in [0.2, 0.25) is 0 Å². The van der Waals surface area contributed by atoms with Gasteiger partial charge in [-0.3, -0.25) is 9.78 Å². The fourth-order valence-electron chi connectivity index (χ4n) is 4.69. The molecule has 0 aliphatic heterocycles. The van der Waals surface area contributed by atoms with Crippen LogP contribution < -0.4 is 0 Å². The van der Waals surface area contributed by atoms with Crippen molar-refractivity contribution < 1.29 is 30.0 Å². The second kappa shape index (κ2) is 14.5. The van der Waals surface area contributed by atoms with E-state index in [9.17, 15) is 9.90 Å². The fourth-order valence-corrected chi connectivity index (χ4v) is 4.69. The van der Waals surface area contributed by atoms with Gasteiger partial charge in [0, 0.05) is 42.4 Å². The van der Waals surface area contributed by atoms with Crippen LogP contribution in [0.15, 0.2) is 60.6 Å². The Morgan fingerprint density at radius 2 is 1.64 bits per heavy atom. The summed E-state index contributed by atoms with van der Waals surface area (Å²) < 4.78 is 0. The van der Waals surface area contributed by atoms with Gasteiger partial charge in [-0.25, -0.2) is 4.98 Å². The zero-order valence-corrected chi connectivity index (χ0v) is 29.4. The third kappa shape index (κ3) is 8.36. The summed E-state index contributed by atoms with van der Waals surface area (Å²) in [5.41, 5.74) is 6.07. The van der Waals surface area contributed by atoms with E-state index in [1.54, 1.807) is 6.33 Å². The zero-order chi connectivity index (χ0) is 30.5. The van der Waals surface area contributed by atoms with Crippen molar-refractivity contribution in [2.45, 2.75) is 88.5 Å². The van der Waals surface area contributed by atoms with Crippen LogP contribution in [0.1, 0.15) is 84.9 Å². The van der Waals surface area contributed by atoms with Crippen LogP contribution in [0.25, 0.3) is 32.9 Å². The number of aliphatic hydroxyl groups excluding tert-OH is 1. The summed E-state index contributed by atoms with van der Waals surface area (Å²) in [5, 5.41) is 13.4. The van der Waals surface area contributed by atoms with Gasteiger partial charge in [0.2, 0.25) is 0 Å². The van der Waals surface area contributed by atoms with Gasteiger partial charge < -0.3 is 5.11 Å². The Kier molecular flexibility index (Phi) is 12.2. The van der Waals surface area contributed by atoms with E-state index in [0.717, 1.165) is 47.0 Å². The number of carbonyl (C=O) groups is 1. The third-order valence-electron chi connectivity index (χ3n) is 8.16. The van der Waals surface area contributed by atoms with E-state index < -0.39 is 0 Å². The maximum atomic E-state index is 11.8. The van der Waals surface area contributed by atoms with Gasteiger partial charge >= 0.3 is 0 Å². The maximum absolute atomic E-state index is 11.8. The molecular weight excluding hydrogens is 697 g/mol. The molecule has 4 rings (SSSR count). The SMILES string of the molecule is CCC(C)(C)C(=O)/C=C(\O)C(C)(C)CC.Cc1[c-]c(-c2ncnc3c2ccc2cccc(CC(C)C)c23)cc(C)c1.[Ir]. The largest absolute Gasteiger partial charge is 0.512 e. The first-order chi connectivity index (χ1) is 19.2. The molecule has 0 aliphatic carbocycles. The van der Waals surface area contributed by atoms with Crippen LogP contribution in [-0.2, 0) is 31.3 Å². The number of allylic oxidation sites excluding steroid dienone is 2. The van der Waals surface area contributed by atoms with Gasteiger partial charge in [0.1, 0.15) is 12.1 Å². The molecule has 0 unspecified atom stereocenters. The van der Waals surface area contributed by atoms with E-state index >= 15 is 0 Å². The van der Waals surface area contributed by atoms with Gasteiger partial charge in [0.25, 0.3) is 0 Å². The van der Waals surface area contributed by atoms with E-state index in [1.165, 1.54) is 28.0 Å². The van der Waals surface area contributed by atoms with Crippen LogP contribution in [0, 0.1) is 36.7 Å². The van der Waals surface area contributed by atoms with Crippen molar-refractivity contribution in [3.05, 3.63) is 83.4 Å². The molecule has 3 aromatic carbocycles. The maximum Gasteiger partial charge on any atom is 0.164 e. The molecular formula is C37H47IrN2O2-. The van der Waals surface area contributed by atoms with Gasteiger partial charge in [-0.1, -0.05) is 99.6 Å². The number of hydrogen-bond acceptors (Lipinski definition) is 4. The third-order valence-corrected chi connectivity index (χ3v) is 8.16. The quantitative estimate of drug-likeness (QED) is 0.0845. The Balaban J connectivity index is 0.000000334. The van der Waals surface area contributed by atoms with E-state index in [1.807, 2.05) is 41.5 Å². The number of nitrogens with zero attached hydrogens (tertiary/aromatic N) is 2. The summed E-state index contributed by atoms with van der Waals surface area (Å²) in [6, 6.07) is 18.6. The Morgan fingerprint density at radius 1 is 0.976 bits per heavy atom. The number of ketones is 1. The summed E-state index contributed by atoms with van der Waals surface area (Å²) in [6.07, 6.45) is 5.73. The van der Waals surface area contributed by atoms with Crippen molar-refractivity contribution in [2.24, 2.45) is 16.7 Å². The molecule has 4 nitrogen and oxygen atoms in total. The van der Waals surface area contributed by atoms with Crippen molar-refractivity contribution in [1.29, 1.82) is 0 Å². The molecule has 0 atom stereocenters. The van der Waals surface area contributed by atoms with Gasteiger partial charge in [-0.05, 0) is 47.2 Å². The second-order valence-corrected chi connectivity index (χ2v) is 12.9. The molecule has 0 amide bonds. The molecule has 0 aliphatic rings. The van der Waals surface area contributed by atoms with Crippen molar-refractivity contribution in [3.63, 3.8) is 0 Å². The standard InChI is InChI=1S/C24H23N2.C13H24O2.Ir/c1-15(2)10-19-7-5-6-18-8-9-21-23(25-14-26-24(21)22(18)19)20-12-16(3)11-17(4)13-20;1-7-12(3,4)10(14)9-11(15)13(5,6)8-2;/h5-9,11-12,14-15H,10H2,1-4H3;9,14H,7-8H2,1-6H3;/q-1;;/b;10-9-;. The van der Waals surface area contributed by atoms with Gasteiger partial charge in [0.15, 0.2) is 5.78 Å². The van der Waals surface area contributed by atoms with Gasteiger partial charge in [0.05, 0.1) is 5.52 Å². The predicted octanol–water partition coefficient (Wildman–Crippen LogP) is 9.93. The van der Waals surface area contributed by atoms with Crippen LogP contribution >= 0.6 is 0 Å². The molecule has 1 radical (unpaired) electrons. The number of aryl methyl sites for hydroxylation is 2. The van der Waals surface area contributed by atoms with E-state index in [0.29, 0.717) is 5.92 Å². The number of aromatic nitrogens is 2. The van der Waals surface area contributed by atoms with E-state index in [2.05, 4.69) is 86.2 Å². The molecule has 4 aromatic rings. The smallest absolute Gasteiger partial charge is 0.164 e. The number of carbonyl (C=O) groups excluding carboxylic acids is 1. The summed E-state index contributed by atoms with van der Waals surface area (Å²) in [4.78, 5) is 21.1. The first kappa shape index (κ1) is 35.3. The van der Waals surface area contributed by atoms with Crippen LogP contribution in [0.5, 0.6) is 0 Å². The van der Waals surface area contributed by atoms with Crippen LogP contribution in [-0.4, -0.2) is 20.9 Å². The molecule has 1 aromatic heterocycles. The minimum absolute atomic E-state index is 0. The monoisotopic (exact) mass is 744 g/mol. The van der Waals surface area contributed by atoms with Crippen molar-refractivity contribution in [2.75, 3.05) is 0 Å². The first-order valence-electron chi connectivity index (χ1n) is 14.8. The average Bonchev–Trinajstić information content (AvgIpc) is 2.92. The molecule has 42 heavy (non-hydrogen) atoms. The second-order valence-electron chi connectivity index (χ2n) is 12.9. The first-order valence-corrected chi connectivity index (χ1v) is 14.8. The molecule has 227 valence electrons. The van der Waals surface area contributed by atoms with E-state index in [-0.39, 0.29) is 42.5 Å². The topological polar surface area (TPSA) is 63.1 Å². The summed E-state index contributed by atoms with van der Waals surface area (Å²) in [6.45, 7) is 20.4. The summed E-state index contributed by atoms with van der Waals surface area (Å²) in [7, 11) is 0. The average molecular weight is 744 g/mol. The molecule has 1 heterocycles.